The van der Waals surface area contributed by atoms with E-state index in [4.69, 9.17) is 5.11 Å². The zero-order valence-electron chi connectivity index (χ0n) is 13.9. The van der Waals surface area contributed by atoms with Crippen LogP contribution in [0.2, 0.25) is 0 Å². The van der Waals surface area contributed by atoms with Gasteiger partial charge >= 0.3 is 5.97 Å². The van der Waals surface area contributed by atoms with Crippen molar-refractivity contribution in [1.82, 2.24) is 14.7 Å². The molecule has 5 heteroatoms. The minimum absolute atomic E-state index is 0.339. The first-order chi connectivity index (χ1) is 11.0. The highest BCUT2D eigenvalue weighted by molar-refractivity contribution is 5.87. The number of likely N-dealkylation sites (tertiary alicyclic amines) is 1. The van der Waals surface area contributed by atoms with Gasteiger partial charge in [-0.15, -0.1) is 0 Å². The second-order valence-electron chi connectivity index (χ2n) is 6.34. The van der Waals surface area contributed by atoms with Crippen LogP contribution in [0.1, 0.15) is 51.8 Å². The van der Waals surface area contributed by atoms with Crippen LogP contribution < -0.4 is 0 Å². The maximum Gasteiger partial charge on any atom is 0.335 e. The maximum absolute atomic E-state index is 11.0. The van der Waals surface area contributed by atoms with E-state index < -0.39 is 5.97 Å². The topological polar surface area (TPSA) is 58.4 Å². The third-order valence-corrected chi connectivity index (χ3v) is 4.85. The highest BCUT2D eigenvalue weighted by atomic mass is 16.4. The Morgan fingerprint density at radius 2 is 2.00 bits per heavy atom. The van der Waals surface area contributed by atoms with Gasteiger partial charge in [0.2, 0.25) is 0 Å². The number of aromatic nitrogens is 2. The average molecular weight is 313 g/mol. The number of hydrogen-bond acceptors (Lipinski definition) is 3. The van der Waals surface area contributed by atoms with Gasteiger partial charge in [-0.3, -0.25) is 9.58 Å². The molecule has 0 amide bonds. The van der Waals surface area contributed by atoms with Crippen LogP contribution in [-0.4, -0.2) is 32.3 Å². The molecule has 1 fully saturated rings. The lowest BCUT2D eigenvalue weighted by Gasteiger charge is -2.25. The van der Waals surface area contributed by atoms with Crippen molar-refractivity contribution in [2.24, 2.45) is 7.05 Å². The Balaban J connectivity index is 1.80. The van der Waals surface area contributed by atoms with E-state index in [9.17, 15) is 4.79 Å². The van der Waals surface area contributed by atoms with E-state index in [2.05, 4.69) is 23.8 Å². The predicted octanol–water partition coefficient (Wildman–Crippen LogP) is 3.07. The summed E-state index contributed by atoms with van der Waals surface area (Å²) in [6, 6.07) is 7.61. The van der Waals surface area contributed by atoms with Crippen LogP contribution in [-0.2, 0) is 13.6 Å². The van der Waals surface area contributed by atoms with Gasteiger partial charge in [-0.05, 0) is 50.9 Å². The van der Waals surface area contributed by atoms with Crippen LogP contribution in [0.15, 0.2) is 24.3 Å². The molecule has 2 aromatic rings. The van der Waals surface area contributed by atoms with Gasteiger partial charge in [-0.25, -0.2) is 4.79 Å². The number of aromatic carboxylic acids is 1. The molecule has 0 saturated carbocycles. The van der Waals surface area contributed by atoms with Crippen LogP contribution in [0.3, 0.4) is 0 Å². The molecule has 3 rings (SSSR count). The molecule has 0 bridgehead atoms. The van der Waals surface area contributed by atoms with Crippen molar-refractivity contribution < 1.29 is 9.90 Å². The van der Waals surface area contributed by atoms with Gasteiger partial charge in [0.25, 0.3) is 0 Å². The SMILES string of the molecule is Cc1nn(C)c(C)c1C1CCCN1Cc1ccc(C(=O)O)cc1. The molecular weight excluding hydrogens is 290 g/mol. The van der Waals surface area contributed by atoms with Gasteiger partial charge in [0, 0.05) is 30.9 Å². The van der Waals surface area contributed by atoms with Crippen LogP contribution in [0.25, 0.3) is 0 Å². The van der Waals surface area contributed by atoms with Gasteiger partial charge < -0.3 is 5.11 Å². The van der Waals surface area contributed by atoms with Gasteiger partial charge in [-0.2, -0.15) is 5.10 Å². The quantitative estimate of drug-likeness (QED) is 0.942. The third kappa shape index (κ3) is 3.01. The number of aryl methyl sites for hydroxylation is 2. The first-order valence-electron chi connectivity index (χ1n) is 8.03. The number of rotatable bonds is 4. The van der Waals surface area contributed by atoms with E-state index in [0.29, 0.717) is 11.6 Å². The fraction of sp³-hybridized carbons (Fsp3) is 0.444. The summed E-state index contributed by atoms with van der Waals surface area (Å²) in [5.41, 5.74) is 5.20. The summed E-state index contributed by atoms with van der Waals surface area (Å²) in [4.78, 5) is 13.4. The fourth-order valence-electron chi connectivity index (χ4n) is 3.60. The van der Waals surface area contributed by atoms with Crippen molar-refractivity contribution in [3.05, 3.63) is 52.3 Å². The largest absolute Gasteiger partial charge is 0.478 e. The summed E-state index contributed by atoms with van der Waals surface area (Å²) < 4.78 is 1.96. The molecule has 1 aliphatic heterocycles. The number of carbonyl (C=O) groups is 1. The second-order valence-corrected chi connectivity index (χ2v) is 6.34. The minimum atomic E-state index is -0.878. The summed E-state index contributed by atoms with van der Waals surface area (Å²) in [6.07, 6.45) is 2.34. The molecule has 1 atom stereocenters. The summed E-state index contributed by atoms with van der Waals surface area (Å²) in [5, 5.41) is 13.5. The van der Waals surface area contributed by atoms with Crippen LogP contribution >= 0.6 is 0 Å². The molecule has 122 valence electrons. The maximum atomic E-state index is 11.0. The van der Waals surface area contributed by atoms with E-state index in [-0.39, 0.29) is 0 Å². The number of benzene rings is 1. The molecule has 1 aromatic heterocycles. The lowest BCUT2D eigenvalue weighted by Crippen LogP contribution is -2.23. The van der Waals surface area contributed by atoms with E-state index >= 15 is 0 Å². The zero-order chi connectivity index (χ0) is 16.6. The Hall–Kier alpha value is -2.14. The lowest BCUT2D eigenvalue weighted by molar-refractivity contribution is 0.0697. The lowest BCUT2D eigenvalue weighted by atomic mass is 10.0. The standard InChI is InChI=1S/C18H23N3O2/c1-12-17(13(2)20(3)19-12)16-5-4-10-21(16)11-14-6-8-15(9-7-14)18(22)23/h6-9,16H,4-5,10-11H2,1-3H3,(H,22,23). The Kier molecular flexibility index (Phi) is 4.22. The van der Waals surface area contributed by atoms with Gasteiger partial charge in [0.05, 0.1) is 11.3 Å². The monoisotopic (exact) mass is 313 g/mol. The van der Waals surface area contributed by atoms with Gasteiger partial charge in [0.15, 0.2) is 0 Å². The summed E-state index contributed by atoms with van der Waals surface area (Å²) >= 11 is 0. The van der Waals surface area contributed by atoms with Crippen molar-refractivity contribution in [2.75, 3.05) is 6.54 Å². The van der Waals surface area contributed by atoms with Crippen molar-refractivity contribution in [2.45, 2.75) is 39.3 Å². The summed E-state index contributed by atoms with van der Waals surface area (Å²) in [5.74, 6) is -0.878. The molecule has 1 aliphatic rings. The highest BCUT2D eigenvalue weighted by Gasteiger charge is 2.30. The molecule has 1 N–H and O–H groups in total. The normalized spacial score (nSPS) is 18.5. The molecule has 1 saturated heterocycles. The molecule has 0 aliphatic carbocycles. The number of hydrogen-bond donors (Lipinski definition) is 1. The zero-order valence-corrected chi connectivity index (χ0v) is 13.9. The smallest absolute Gasteiger partial charge is 0.335 e. The molecule has 2 heterocycles. The Morgan fingerprint density at radius 3 is 2.57 bits per heavy atom. The minimum Gasteiger partial charge on any atom is -0.478 e. The van der Waals surface area contributed by atoms with Gasteiger partial charge in [0.1, 0.15) is 0 Å². The average Bonchev–Trinajstić information content (AvgIpc) is 3.04. The predicted molar refractivity (Wildman–Crippen MR) is 88.5 cm³/mol. The van der Waals surface area contributed by atoms with Crippen molar-refractivity contribution in [3.63, 3.8) is 0 Å². The molecule has 0 spiro atoms. The van der Waals surface area contributed by atoms with E-state index in [1.807, 2.05) is 23.9 Å². The van der Waals surface area contributed by atoms with Crippen LogP contribution in [0.5, 0.6) is 0 Å². The van der Waals surface area contributed by atoms with Crippen molar-refractivity contribution in [3.8, 4) is 0 Å². The van der Waals surface area contributed by atoms with Crippen LogP contribution in [0.4, 0.5) is 0 Å². The fourth-order valence-corrected chi connectivity index (χ4v) is 3.60. The summed E-state index contributed by atoms with van der Waals surface area (Å²) in [7, 11) is 2.00. The molecule has 23 heavy (non-hydrogen) atoms. The number of carboxylic acids is 1. The van der Waals surface area contributed by atoms with Crippen LogP contribution in [0, 0.1) is 13.8 Å². The van der Waals surface area contributed by atoms with Crippen molar-refractivity contribution >= 4 is 5.97 Å². The Morgan fingerprint density at radius 1 is 1.30 bits per heavy atom. The first kappa shape index (κ1) is 15.7. The highest BCUT2D eigenvalue weighted by Crippen LogP contribution is 2.36. The Bertz CT molecular complexity index is 719. The van der Waals surface area contributed by atoms with Crippen molar-refractivity contribution in [1.29, 1.82) is 0 Å². The number of nitrogens with zero attached hydrogens (tertiary/aromatic N) is 3. The third-order valence-electron chi connectivity index (χ3n) is 4.85. The molecule has 1 unspecified atom stereocenters. The molecular formula is C18H23N3O2. The first-order valence-corrected chi connectivity index (χ1v) is 8.03. The number of carboxylic acid groups (broad SMARTS) is 1. The van der Waals surface area contributed by atoms with E-state index in [0.717, 1.165) is 30.8 Å². The summed E-state index contributed by atoms with van der Waals surface area (Å²) in [6.45, 7) is 6.13. The Labute approximate surface area is 136 Å². The van der Waals surface area contributed by atoms with E-state index in [1.165, 1.54) is 17.7 Å². The second kappa shape index (κ2) is 6.16. The molecule has 5 nitrogen and oxygen atoms in total. The van der Waals surface area contributed by atoms with E-state index in [1.54, 1.807) is 12.1 Å². The van der Waals surface area contributed by atoms with Gasteiger partial charge in [-0.1, -0.05) is 12.1 Å². The molecule has 0 radical (unpaired) electrons. The molecule has 1 aromatic carbocycles.